The van der Waals surface area contributed by atoms with Gasteiger partial charge in [-0.25, -0.2) is 13.1 Å². The summed E-state index contributed by atoms with van der Waals surface area (Å²) in [5, 5.41) is 0. The number of hydrogen-bond donors (Lipinski definition) is 2. The van der Waals surface area contributed by atoms with Crippen LogP contribution in [-0.4, -0.2) is 27.7 Å². The minimum atomic E-state index is -4.27. The van der Waals surface area contributed by atoms with E-state index in [0.717, 1.165) is 5.56 Å². The molecule has 0 fully saturated rings. The Morgan fingerprint density at radius 2 is 1.75 bits per heavy atom. The third-order valence-electron chi connectivity index (χ3n) is 2.60. The van der Waals surface area contributed by atoms with Crippen molar-refractivity contribution in [3.63, 3.8) is 0 Å². The van der Waals surface area contributed by atoms with Gasteiger partial charge < -0.3 is 5.73 Å². The van der Waals surface area contributed by atoms with Crippen molar-refractivity contribution in [1.29, 1.82) is 0 Å². The number of alkyl halides is 3. The molecule has 3 N–H and O–H groups in total. The molecule has 0 atom stereocenters. The number of sulfonamides is 1. The molecule has 0 aliphatic carbocycles. The third kappa shape index (κ3) is 5.89. The molecule has 0 heterocycles. The van der Waals surface area contributed by atoms with E-state index in [1.165, 1.54) is 12.1 Å². The first-order chi connectivity index (χ1) is 9.24. The minimum absolute atomic E-state index is 0.0327. The van der Waals surface area contributed by atoms with Crippen LogP contribution < -0.4 is 10.5 Å². The monoisotopic (exact) mass is 310 g/mol. The minimum Gasteiger partial charge on any atom is -0.330 e. The number of nitrogens with one attached hydrogen (secondary N) is 1. The van der Waals surface area contributed by atoms with Crippen LogP contribution in [0.4, 0.5) is 13.2 Å². The molecule has 0 amide bonds. The Balaban J connectivity index is 2.56. The molecule has 0 saturated heterocycles. The van der Waals surface area contributed by atoms with Crippen LogP contribution in [0.5, 0.6) is 0 Å². The zero-order valence-corrected chi connectivity index (χ0v) is 11.6. The lowest BCUT2D eigenvalue weighted by Gasteiger charge is -2.09. The van der Waals surface area contributed by atoms with E-state index in [1.807, 2.05) is 0 Å². The second kappa shape index (κ2) is 7.05. The van der Waals surface area contributed by atoms with Crippen molar-refractivity contribution in [2.45, 2.75) is 30.3 Å². The summed E-state index contributed by atoms with van der Waals surface area (Å²) in [4.78, 5) is 0.0327. The van der Waals surface area contributed by atoms with Gasteiger partial charge in [-0.1, -0.05) is 12.1 Å². The average molecular weight is 310 g/mol. The van der Waals surface area contributed by atoms with E-state index in [2.05, 4.69) is 4.72 Å². The second-order valence-electron chi connectivity index (χ2n) is 4.30. The molecular formula is C12H17F3N2O2S. The van der Waals surface area contributed by atoms with Crippen LogP contribution in [0.15, 0.2) is 29.2 Å². The molecule has 8 heteroatoms. The van der Waals surface area contributed by atoms with E-state index < -0.39 is 22.6 Å². The largest absolute Gasteiger partial charge is 0.389 e. The molecular weight excluding hydrogens is 293 g/mol. The fourth-order valence-corrected chi connectivity index (χ4v) is 2.65. The van der Waals surface area contributed by atoms with Crippen LogP contribution >= 0.6 is 0 Å². The molecule has 0 saturated carbocycles. The Hall–Kier alpha value is -1.12. The number of benzene rings is 1. The van der Waals surface area contributed by atoms with Crippen LogP contribution in [0.3, 0.4) is 0 Å². The van der Waals surface area contributed by atoms with Crippen molar-refractivity contribution in [3.8, 4) is 0 Å². The summed E-state index contributed by atoms with van der Waals surface area (Å²) in [6.07, 6.45) is -4.92. The summed E-state index contributed by atoms with van der Waals surface area (Å²) in [6.45, 7) is 0.216. The summed E-state index contributed by atoms with van der Waals surface area (Å²) in [5.41, 5.74) is 6.28. The molecule has 114 valence electrons. The normalized spacial score (nSPS) is 12.6. The third-order valence-corrected chi connectivity index (χ3v) is 4.07. The smallest absolute Gasteiger partial charge is 0.330 e. The Morgan fingerprint density at radius 3 is 2.25 bits per heavy atom. The molecule has 4 nitrogen and oxygen atoms in total. The van der Waals surface area contributed by atoms with Crippen molar-refractivity contribution in [1.82, 2.24) is 4.72 Å². The first-order valence-corrected chi connectivity index (χ1v) is 7.58. The van der Waals surface area contributed by atoms with E-state index in [-0.39, 0.29) is 17.9 Å². The molecule has 1 rings (SSSR count). The molecule has 0 unspecified atom stereocenters. The highest BCUT2D eigenvalue weighted by Gasteiger charge is 2.26. The molecule has 0 radical (unpaired) electrons. The van der Waals surface area contributed by atoms with Gasteiger partial charge in [0, 0.05) is 13.0 Å². The summed E-state index contributed by atoms with van der Waals surface area (Å²) in [5.74, 6) is 0. The van der Waals surface area contributed by atoms with Gasteiger partial charge in [0.15, 0.2) is 0 Å². The maximum Gasteiger partial charge on any atom is 0.389 e. The molecule has 0 aromatic heterocycles. The molecule has 0 spiro atoms. The Morgan fingerprint density at radius 1 is 1.15 bits per heavy atom. The number of nitrogens with two attached hydrogens (primary N) is 1. The van der Waals surface area contributed by atoms with Gasteiger partial charge >= 0.3 is 6.18 Å². The quantitative estimate of drug-likeness (QED) is 0.754. The van der Waals surface area contributed by atoms with Crippen molar-refractivity contribution in [2.75, 3.05) is 13.1 Å². The Kier molecular flexibility index (Phi) is 5.97. The van der Waals surface area contributed by atoms with E-state index in [9.17, 15) is 21.6 Å². The van der Waals surface area contributed by atoms with Crippen molar-refractivity contribution in [3.05, 3.63) is 29.8 Å². The summed E-state index contributed by atoms with van der Waals surface area (Å²) in [6, 6.07) is 6.10. The van der Waals surface area contributed by atoms with Crippen LogP contribution in [0.25, 0.3) is 0 Å². The predicted molar refractivity (Wildman–Crippen MR) is 69.7 cm³/mol. The zero-order valence-electron chi connectivity index (χ0n) is 10.8. The summed E-state index contributed by atoms with van der Waals surface area (Å²) >= 11 is 0. The predicted octanol–water partition coefficient (Wildman–Crippen LogP) is 1.81. The van der Waals surface area contributed by atoms with Crippen LogP contribution in [-0.2, 0) is 16.4 Å². The highest BCUT2D eigenvalue weighted by molar-refractivity contribution is 7.89. The van der Waals surface area contributed by atoms with E-state index in [1.54, 1.807) is 12.1 Å². The van der Waals surface area contributed by atoms with E-state index in [4.69, 9.17) is 5.73 Å². The summed E-state index contributed by atoms with van der Waals surface area (Å²) in [7, 11) is -3.76. The molecule has 1 aromatic rings. The van der Waals surface area contributed by atoms with E-state index >= 15 is 0 Å². The summed E-state index contributed by atoms with van der Waals surface area (Å²) < 4.78 is 61.5. The lowest BCUT2D eigenvalue weighted by molar-refractivity contribution is -0.135. The first-order valence-electron chi connectivity index (χ1n) is 6.10. The molecule has 0 aliphatic rings. The van der Waals surface area contributed by atoms with Gasteiger partial charge in [-0.05, 0) is 37.1 Å². The van der Waals surface area contributed by atoms with E-state index in [0.29, 0.717) is 13.0 Å². The lowest BCUT2D eigenvalue weighted by Crippen LogP contribution is -2.25. The SMILES string of the molecule is NCCc1ccc(S(=O)(=O)NCCCC(F)(F)F)cc1. The maximum absolute atomic E-state index is 11.9. The fourth-order valence-electron chi connectivity index (χ4n) is 1.58. The zero-order chi connectivity index (χ0) is 15.2. The van der Waals surface area contributed by atoms with Gasteiger partial charge in [0.05, 0.1) is 4.90 Å². The standard InChI is InChI=1S/C12H17F3N2O2S/c13-12(14,15)7-1-9-17-20(18,19)11-4-2-10(3-5-11)6-8-16/h2-5,17H,1,6-9,16H2. The second-order valence-corrected chi connectivity index (χ2v) is 6.07. The highest BCUT2D eigenvalue weighted by Crippen LogP contribution is 2.21. The molecule has 0 aliphatic heterocycles. The number of rotatable bonds is 7. The fraction of sp³-hybridized carbons (Fsp3) is 0.500. The molecule has 0 bridgehead atoms. The first kappa shape index (κ1) is 16.9. The molecule has 1 aromatic carbocycles. The van der Waals surface area contributed by atoms with Gasteiger partial charge in [-0.15, -0.1) is 0 Å². The molecule has 20 heavy (non-hydrogen) atoms. The maximum atomic E-state index is 11.9. The lowest BCUT2D eigenvalue weighted by atomic mass is 10.2. The van der Waals surface area contributed by atoms with Gasteiger partial charge in [-0.2, -0.15) is 13.2 Å². The van der Waals surface area contributed by atoms with Crippen molar-refractivity contribution in [2.24, 2.45) is 5.73 Å². The van der Waals surface area contributed by atoms with Crippen LogP contribution in [0.2, 0.25) is 0 Å². The van der Waals surface area contributed by atoms with Crippen LogP contribution in [0.1, 0.15) is 18.4 Å². The van der Waals surface area contributed by atoms with Gasteiger partial charge in [0.2, 0.25) is 10.0 Å². The van der Waals surface area contributed by atoms with Crippen molar-refractivity contribution >= 4 is 10.0 Å². The highest BCUT2D eigenvalue weighted by atomic mass is 32.2. The Bertz CT molecular complexity index is 512. The van der Waals surface area contributed by atoms with Crippen molar-refractivity contribution < 1.29 is 21.6 Å². The van der Waals surface area contributed by atoms with Gasteiger partial charge in [0.25, 0.3) is 0 Å². The average Bonchev–Trinajstić information content (AvgIpc) is 2.35. The number of hydrogen-bond acceptors (Lipinski definition) is 3. The number of halogens is 3. The van der Waals surface area contributed by atoms with Gasteiger partial charge in [-0.3, -0.25) is 0 Å². The topological polar surface area (TPSA) is 72.2 Å². The van der Waals surface area contributed by atoms with Gasteiger partial charge in [0.1, 0.15) is 0 Å². The van der Waals surface area contributed by atoms with Crippen LogP contribution in [0, 0.1) is 0 Å². The Labute approximate surface area is 116 Å².